The van der Waals surface area contributed by atoms with E-state index in [0.29, 0.717) is 18.3 Å². The molecule has 5 nitrogen and oxygen atoms in total. The van der Waals surface area contributed by atoms with E-state index in [2.05, 4.69) is 33.1 Å². The van der Waals surface area contributed by atoms with Crippen molar-refractivity contribution >= 4 is 28.2 Å². The molecule has 2 aromatic carbocycles. The number of rotatable bonds is 4. The van der Waals surface area contributed by atoms with E-state index < -0.39 is 0 Å². The maximum atomic E-state index is 6.54. The summed E-state index contributed by atoms with van der Waals surface area (Å²) in [4.78, 5) is 11.0. The number of ether oxygens (including phenoxy) is 2. The van der Waals surface area contributed by atoms with Crippen molar-refractivity contribution < 1.29 is 9.47 Å². The molecule has 0 spiro atoms. The fourth-order valence-electron chi connectivity index (χ4n) is 3.78. The lowest BCUT2D eigenvalue weighted by atomic mass is 10.0. The highest BCUT2D eigenvalue weighted by Crippen LogP contribution is 2.37. The molecular formula is C24H20ClN3O2. The summed E-state index contributed by atoms with van der Waals surface area (Å²) < 4.78 is 11.2. The molecule has 0 atom stereocenters. The molecule has 5 rings (SSSR count). The van der Waals surface area contributed by atoms with Crippen LogP contribution in [0.15, 0.2) is 67.0 Å². The van der Waals surface area contributed by atoms with E-state index in [9.17, 15) is 0 Å². The monoisotopic (exact) mass is 417 g/mol. The van der Waals surface area contributed by atoms with E-state index in [1.54, 1.807) is 19.5 Å². The fraction of sp³-hybridized carbons (Fsp3) is 0.167. The van der Waals surface area contributed by atoms with Crippen LogP contribution >= 0.6 is 11.6 Å². The third-order valence-corrected chi connectivity index (χ3v) is 5.67. The fourth-order valence-corrected chi connectivity index (χ4v) is 3.98. The molecular weight excluding hydrogens is 398 g/mol. The van der Waals surface area contributed by atoms with Gasteiger partial charge < -0.3 is 14.4 Å². The zero-order chi connectivity index (χ0) is 20.5. The molecule has 1 aliphatic heterocycles. The van der Waals surface area contributed by atoms with E-state index in [1.165, 1.54) is 0 Å². The van der Waals surface area contributed by atoms with Crippen LogP contribution in [-0.4, -0.2) is 30.2 Å². The molecule has 1 aliphatic rings. The minimum absolute atomic E-state index is 0.519. The Hall–Kier alpha value is -3.31. The maximum Gasteiger partial charge on any atom is 0.142 e. The number of methoxy groups -OCH3 is 1. The molecule has 0 N–H and O–H groups in total. The van der Waals surface area contributed by atoms with Crippen LogP contribution in [0.2, 0.25) is 5.15 Å². The van der Waals surface area contributed by atoms with Gasteiger partial charge in [-0.2, -0.15) is 0 Å². The molecule has 4 aromatic rings. The lowest BCUT2D eigenvalue weighted by Gasteiger charge is -2.32. The molecule has 3 heterocycles. The van der Waals surface area contributed by atoms with Gasteiger partial charge in [0.15, 0.2) is 0 Å². The van der Waals surface area contributed by atoms with Gasteiger partial charge in [-0.3, -0.25) is 4.98 Å². The lowest BCUT2D eigenvalue weighted by Crippen LogP contribution is -2.32. The van der Waals surface area contributed by atoms with E-state index >= 15 is 0 Å². The summed E-state index contributed by atoms with van der Waals surface area (Å²) >= 11 is 6.54. The summed E-state index contributed by atoms with van der Waals surface area (Å²) in [5, 5.41) is 1.53. The molecule has 2 aromatic heterocycles. The SMILES string of the molecule is COc1ccc2nc(Cl)c(CN3CCOc4ccc(-c5ccncc5)cc43)cc2c1. The van der Waals surface area contributed by atoms with Crippen LogP contribution in [-0.2, 0) is 6.54 Å². The molecule has 6 heteroatoms. The topological polar surface area (TPSA) is 47.5 Å². The Kier molecular flexibility index (Phi) is 4.89. The van der Waals surface area contributed by atoms with Gasteiger partial charge in [0.1, 0.15) is 23.3 Å². The van der Waals surface area contributed by atoms with Crippen LogP contribution in [0.4, 0.5) is 5.69 Å². The standard InChI is InChI=1S/C24H20ClN3O2/c1-29-20-3-4-21-18(13-20)12-19(24(25)27-21)15-28-10-11-30-23-5-2-17(14-22(23)28)16-6-8-26-9-7-16/h2-9,12-14H,10-11,15H2,1H3. The zero-order valence-corrected chi connectivity index (χ0v) is 17.3. The van der Waals surface area contributed by atoms with Gasteiger partial charge in [-0.25, -0.2) is 4.98 Å². The van der Waals surface area contributed by atoms with E-state index in [4.69, 9.17) is 21.1 Å². The number of pyridine rings is 2. The summed E-state index contributed by atoms with van der Waals surface area (Å²) in [5.74, 6) is 1.68. The molecule has 30 heavy (non-hydrogen) atoms. The molecule has 0 bridgehead atoms. The number of anilines is 1. The third-order valence-electron chi connectivity index (χ3n) is 5.34. The third kappa shape index (κ3) is 3.53. The molecule has 0 amide bonds. The number of aromatic nitrogens is 2. The first-order valence-electron chi connectivity index (χ1n) is 9.76. The van der Waals surface area contributed by atoms with Crippen molar-refractivity contribution in [2.24, 2.45) is 0 Å². The van der Waals surface area contributed by atoms with Crippen molar-refractivity contribution in [3.8, 4) is 22.6 Å². The molecule has 0 fully saturated rings. The van der Waals surface area contributed by atoms with Crippen LogP contribution in [0.3, 0.4) is 0 Å². The minimum atomic E-state index is 0.519. The second kappa shape index (κ2) is 7.84. The Labute approximate surface area is 179 Å². The summed E-state index contributed by atoms with van der Waals surface area (Å²) in [6.07, 6.45) is 3.61. The van der Waals surface area contributed by atoms with Crippen molar-refractivity contribution in [3.05, 3.63) is 77.7 Å². The Morgan fingerprint density at radius 1 is 1.03 bits per heavy atom. The Bertz CT molecular complexity index is 1210. The number of benzene rings is 2. The molecule has 0 saturated heterocycles. The van der Waals surface area contributed by atoms with Crippen LogP contribution in [0.25, 0.3) is 22.0 Å². The lowest BCUT2D eigenvalue weighted by molar-refractivity contribution is 0.307. The second-order valence-electron chi connectivity index (χ2n) is 7.19. The average Bonchev–Trinajstić information content (AvgIpc) is 2.80. The largest absolute Gasteiger partial charge is 0.497 e. The Morgan fingerprint density at radius 3 is 2.73 bits per heavy atom. The zero-order valence-electron chi connectivity index (χ0n) is 16.5. The van der Waals surface area contributed by atoms with Gasteiger partial charge in [-0.05, 0) is 59.7 Å². The van der Waals surface area contributed by atoms with Crippen LogP contribution in [0.5, 0.6) is 11.5 Å². The van der Waals surface area contributed by atoms with E-state index in [-0.39, 0.29) is 0 Å². The van der Waals surface area contributed by atoms with Gasteiger partial charge in [0.25, 0.3) is 0 Å². The number of nitrogens with zero attached hydrogens (tertiary/aromatic N) is 3. The highest BCUT2D eigenvalue weighted by Gasteiger charge is 2.20. The molecule has 0 aliphatic carbocycles. The van der Waals surface area contributed by atoms with Crippen LogP contribution in [0.1, 0.15) is 5.56 Å². The van der Waals surface area contributed by atoms with Gasteiger partial charge in [0.2, 0.25) is 0 Å². The normalized spacial score (nSPS) is 13.1. The quantitative estimate of drug-likeness (QED) is 0.418. The molecule has 150 valence electrons. The number of fused-ring (bicyclic) bond motifs is 2. The second-order valence-corrected chi connectivity index (χ2v) is 7.54. The Balaban J connectivity index is 1.51. The van der Waals surface area contributed by atoms with E-state index in [0.717, 1.165) is 51.3 Å². The summed E-state index contributed by atoms with van der Waals surface area (Å²) in [5.41, 5.74) is 5.12. The smallest absolute Gasteiger partial charge is 0.142 e. The van der Waals surface area contributed by atoms with E-state index in [1.807, 2.05) is 36.4 Å². The number of halogens is 1. The molecule has 0 unspecified atom stereocenters. The number of hydrogen-bond acceptors (Lipinski definition) is 5. The summed E-state index contributed by atoms with van der Waals surface area (Å²) in [6.45, 7) is 2.06. The van der Waals surface area contributed by atoms with Crippen molar-refractivity contribution in [2.45, 2.75) is 6.54 Å². The summed E-state index contributed by atoms with van der Waals surface area (Å²) in [7, 11) is 1.66. The molecule has 0 saturated carbocycles. The van der Waals surface area contributed by atoms with Crippen molar-refractivity contribution in [2.75, 3.05) is 25.2 Å². The first-order chi connectivity index (χ1) is 14.7. The minimum Gasteiger partial charge on any atom is -0.497 e. The first-order valence-corrected chi connectivity index (χ1v) is 10.1. The predicted molar refractivity (Wildman–Crippen MR) is 120 cm³/mol. The summed E-state index contributed by atoms with van der Waals surface area (Å²) in [6, 6.07) is 18.2. The van der Waals surface area contributed by atoms with Gasteiger partial charge in [-0.15, -0.1) is 0 Å². The number of hydrogen-bond donors (Lipinski definition) is 0. The van der Waals surface area contributed by atoms with Gasteiger partial charge >= 0.3 is 0 Å². The van der Waals surface area contributed by atoms with Gasteiger partial charge in [0, 0.05) is 29.9 Å². The van der Waals surface area contributed by atoms with Crippen molar-refractivity contribution in [3.63, 3.8) is 0 Å². The Morgan fingerprint density at radius 2 is 1.90 bits per heavy atom. The average molecular weight is 418 g/mol. The van der Waals surface area contributed by atoms with Gasteiger partial charge in [0.05, 0.1) is 24.9 Å². The first kappa shape index (κ1) is 18.7. The maximum absolute atomic E-state index is 6.54. The van der Waals surface area contributed by atoms with Crippen molar-refractivity contribution in [1.82, 2.24) is 9.97 Å². The van der Waals surface area contributed by atoms with Gasteiger partial charge in [-0.1, -0.05) is 17.7 Å². The predicted octanol–water partition coefficient (Wildman–Crippen LogP) is 5.36. The highest BCUT2D eigenvalue weighted by atomic mass is 35.5. The van der Waals surface area contributed by atoms with Crippen molar-refractivity contribution in [1.29, 1.82) is 0 Å². The van der Waals surface area contributed by atoms with Crippen LogP contribution < -0.4 is 14.4 Å². The van der Waals surface area contributed by atoms with Crippen LogP contribution in [0, 0.1) is 0 Å². The molecule has 0 radical (unpaired) electrons. The highest BCUT2D eigenvalue weighted by molar-refractivity contribution is 6.30.